The number of anilines is 1. The summed E-state index contributed by atoms with van der Waals surface area (Å²) in [4.78, 5) is 24.9. The molecule has 2 N–H and O–H groups in total. The van der Waals surface area contributed by atoms with Crippen molar-refractivity contribution in [3.63, 3.8) is 0 Å². The predicted octanol–water partition coefficient (Wildman–Crippen LogP) is 3.95. The van der Waals surface area contributed by atoms with E-state index in [1.807, 2.05) is 24.3 Å². The minimum absolute atomic E-state index is 0.0483. The van der Waals surface area contributed by atoms with Crippen LogP contribution < -0.4 is 10.6 Å². The summed E-state index contributed by atoms with van der Waals surface area (Å²) >= 11 is 2.22. The Labute approximate surface area is 162 Å². The van der Waals surface area contributed by atoms with Crippen LogP contribution in [0.4, 0.5) is 5.69 Å². The Hall–Kier alpha value is -1.11. The number of carbonyl (C=O) groups excluding carboxylic acids is 2. The molecule has 2 amide bonds. The van der Waals surface area contributed by atoms with E-state index in [1.165, 1.54) is 19.3 Å². The molecule has 4 fully saturated rings. The second kappa shape index (κ2) is 6.89. The molecule has 25 heavy (non-hydrogen) atoms. The molecule has 0 radical (unpaired) electrons. The van der Waals surface area contributed by atoms with Crippen LogP contribution >= 0.6 is 22.6 Å². The van der Waals surface area contributed by atoms with Crippen LogP contribution in [0.1, 0.15) is 44.9 Å². The van der Waals surface area contributed by atoms with Gasteiger partial charge in [-0.15, -0.1) is 0 Å². The van der Waals surface area contributed by atoms with Gasteiger partial charge in [-0.05, 0) is 97.1 Å². The maximum absolute atomic E-state index is 12.8. The van der Waals surface area contributed by atoms with Gasteiger partial charge >= 0.3 is 0 Å². The fraction of sp³-hybridized carbons (Fsp3) is 0.600. The zero-order valence-electron chi connectivity index (χ0n) is 14.4. The molecule has 0 spiro atoms. The molecule has 4 nitrogen and oxygen atoms in total. The van der Waals surface area contributed by atoms with E-state index in [4.69, 9.17) is 0 Å². The third-order valence-electron chi connectivity index (χ3n) is 6.27. The van der Waals surface area contributed by atoms with E-state index in [-0.39, 0.29) is 17.2 Å². The van der Waals surface area contributed by atoms with Crippen molar-refractivity contribution in [2.45, 2.75) is 44.9 Å². The maximum atomic E-state index is 12.8. The van der Waals surface area contributed by atoms with Crippen molar-refractivity contribution in [1.82, 2.24) is 5.32 Å². The Bertz CT molecular complexity index is 653. The number of hydrogen-bond donors (Lipinski definition) is 2. The third kappa shape index (κ3) is 3.71. The number of carbonyl (C=O) groups is 2. The average Bonchev–Trinajstić information content (AvgIpc) is 2.53. The third-order valence-corrected chi connectivity index (χ3v) is 6.94. The fourth-order valence-corrected chi connectivity index (χ4v) is 6.20. The van der Waals surface area contributed by atoms with E-state index in [1.54, 1.807) is 0 Å². The molecule has 4 aliphatic rings. The molecule has 5 rings (SSSR count). The first-order valence-corrected chi connectivity index (χ1v) is 10.4. The summed E-state index contributed by atoms with van der Waals surface area (Å²) in [6, 6.07) is 7.73. The SMILES string of the molecule is O=C(CCNC(=O)C12CC3CC(CC(C3)C1)C2)Nc1cccc(I)c1. The Morgan fingerprint density at radius 2 is 1.72 bits per heavy atom. The van der Waals surface area contributed by atoms with E-state index < -0.39 is 0 Å². The van der Waals surface area contributed by atoms with Crippen LogP contribution in [0.2, 0.25) is 0 Å². The highest BCUT2D eigenvalue weighted by atomic mass is 127. The van der Waals surface area contributed by atoms with Gasteiger partial charge in [0.15, 0.2) is 0 Å². The van der Waals surface area contributed by atoms with Gasteiger partial charge in [0.1, 0.15) is 0 Å². The molecule has 0 saturated heterocycles. The molecule has 4 bridgehead atoms. The monoisotopic (exact) mass is 452 g/mol. The van der Waals surface area contributed by atoms with Crippen LogP contribution in [0.3, 0.4) is 0 Å². The first-order valence-electron chi connectivity index (χ1n) is 9.36. The van der Waals surface area contributed by atoms with Gasteiger partial charge in [-0.3, -0.25) is 9.59 Å². The molecular formula is C20H25IN2O2. The molecule has 1 aromatic carbocycles. The second-order valence-electron chi connectivity index (χ2n) is 8.26. The van der Waals surface area contributed by atoms with Crippen LogP contribution in [0.5, 0.6) is 0 Å². The molecule has 0 unspecified atom stereocenters. The Balaban J connectivity index is 1.27. The average molecular weight is 452 g/mol. The largest absolute Gasteiger partial charge is 0.355 e. The van der Waals surface area contributed by atoms with Crippen molar-refractivity contribution >= 4 is 40.1 Å². The number of nitrogens with one attached hydrogen (secondary N) is 2. The van der Waals surface area contributed by atoms with Crippen LogP contribution in [-0.4, -0.2) is 18.4 Å². The lowest BCUT2D eigenvalue weighted by Gasteiger charge is -2.55. The highest BCUT2D eigenvalue weighted by molar-refractivity contribution is 14.1. The quantitative estimate of drug-likeness (QED) is 0.665. The highest BCUT2D eigenvalue weighted by Gasteiger charge is 2.54. The molecular weight excluding hydrogens is 427 g/mol. The molecule has 4 saturated carbocycles. The van der Waals surface area contributed by atoms with E-state index in [0.29, 0.717) is 13.0 Å². The van der Waals surface area contributed by atoms with Crippen molar-refractivity contribution in [3.05, 3.63) is 27.8 Å². The van der Waals surface area contributed by atoms with Gasteiger partial charge in [0.05, 0.1) is 0 Å². The van der Waals surface area contributed by atoms with Gasteiger partial charge in [0.2, 0.25) is 11.8 Å². The first kappa shape index (κ1) is 17.3. The Morgan fingerprint density at radius 1 is 1.08 bits per heavy atom. The first-order chi connectivity index (χ1) is 12.0. The summed E-state index contributed by atoms with van der Waals surface area (Å²) in [5, 5.41) is 5.96. The van der Waals surface area contributed by atoms with E-state index in [9.17, 15) is 9.59 Å². The predicted molar refractivity (Wildman–Crippen MR) is 106 cm³/mol. The normalized spacial score (nSPS) is 32.4. The number of hydrogen-bond acceptors (Lipinski definition) is 2. The zero-order chi connectivity index (χ0) is 17.4. The van der Waals surface area contributed by atoms with Crippen LogP contribution in [-0.2, 0) is 9.59 Å². The molecule has 0 atom stereocenters. The van der Waals surface area contributed by atoms with Crippen molar-refractivity contribution in [2.75, 3.05) is 11.9 Å². The summed E-state index contributed by atoms with van der Waals surface area (Å²) in [6.45, 7) is 0.427. The minimum Gasteiger partial charge on any atom is -0.355 e. The lowest BCUT2D eigenvalue weighted by atomic mass is 9.49. The number of benzene rings is 1. The molecule has 0 aliphatic heterocycles. The van der Waals surface area contributed by atoms with Gasteiger partial charge < -0.3 is 10.6 Å². The van der Waals surface area contributed by atoms with E-state index in [0.717, 1.165) is 46.3 Å². The second-order valence-corrected chi connectivity index (χ2v) is 9.51. The topological polar surface area (TPSA) is 58.2 Å². The van der Waals surface area contributed by atoms with Gasteiger partial charge in [0, 0.05) is 27.6 Å². The van der Waals surface area contributed by atoms with Crippen molar-refractivity contribution in [3.8, 4) is 0 Å². The van der Waals surface area contributed by atoms with Crippen molar-refractivity contribution < 1.29 is 9.59 Å². The number of amides is 2. The summed E-state index contributed by atoms with van der Waals surface area (Å²) < 4.78 is 1.09. The lowest BCUT2D eigenvalue weighted by Crippen LogP contribution is -2.53. The Morgan fingerprint density at radius 3 is 2.32 bits per heavy atom. The molecule has 5 heteroatoms. The van der Waals surface area contributed by atoms with Crippen molar-refractivity contribution in [2.24, 2.45) is 23.2 Å². The maximum Gasteiger partial charge on any atom is 0.226 e. The van der Waals surface area contributed by atoms with Crippen LogP contribution in [0.15, 0.2) is 24.3 Å². The minimum atomic E-state index is -0.124. The zero-order valence-corrected chi connectivity index (χ0v) is 16.6. The molecule has 0 heterocycles. The van der Waals surface area contributed by atoms with E-state index in [2.05, 4.69) is 33.2 Å². The summed E-state index contributed by atoms with van der Waals surface area (Å²) in [6.07, 6.45) is 7.54. The molecule has 134 valence electrons. The van der Waals surface area contributed by atoms with Crippen molar-refractivity contribution in [1.29, 1.82) is 0 Å². The summed E-state index contributed by atoms with van der Waals surface area (Å²) in [5.74, 6) is 2.45. The number of rotatable bonds is 5. The van der Waals surface area contributed by atoms with Gasteiger partial charge in [-0.2, -0.15) is 0 Å². The van der Waals surface area contributed by atoms with Gasteiger partial charge in [-0.1, -0.05) is 6.07 Å². The fourth-order valence-electron chi connectivity index (χ4n) is 5.66. The lowest BCUT2D eigenvalue weighted by molar-refractivity contribution is -0.146. The van der Waals surface area contributed by atoms with Crippen LogP contribution in [0.25, 0.3) is 0 Å². The highest BCUT2D eigenvalue weighted by Crippen LogP contribution is 2.60. The number of halogens is 1. The molecule has 1 aromatic rings. The van der Waals surface area contributed by atoms with Gasteiger partial charge in [-0.25, -0.2) is 0 Å². The summed E-state index contributed by atoms with van der Waals surface area (Å²) in [5.41, 5.74) is 0.685. The standard InChI is InChI=1S/C20H25IN2O2/c21-16-2-1-3-17(9-16)23-18(24)4-5-22-19(25)20-10-13-6-14(11-20)8-15(7-13)12-20/h1-3,9,13-15H,4-8,10-12H2,(H,22,25)(H,23,24). The van der Waals surface area contributed by atoms with E-state index >= 15 is 0 Å². The summed E-state index contributed by atoms with van der Waals surface area (Å²) in [7, 11) is 0. The van der Waals surface area contributed by atoms with Crippen LogP contribution in [0, 0.1) is 26.7 Å². The Kier molecular flexibility index (Phi) is 4.77. The smallest absolute Gasteiger partial charge is 0.226 e. The van der Waals surface area contributed by atoms with Gasteiger partial charge in [0.25, 0.3) is 0 Å². The molecule has 4 aliphatic carbocycles. The molecule has 0 aromatic heterocycles.